The van der Waals surface area contributed by atoms with Crippen LogP contribution in [0.3, 0.4) is 0 Å². The highest BCUT2D eigenvalue weighted by Gasteiger charge is 2.47. The number of unbranched alkanes of at least 4 members (excludes halogenated alkanes) is 19. The van der Waals surface area contributed by atoms with Crippen molar-refractivity contribution in [3.05, 3.63) is 109 Å². The fourth-order valence-electron chi connectivity index (χ4n) is 8.03. The van der Waals surface area contributed by atoms with Gasteiger partial charge in [0, 0.05) is 6.42 Å². The van der Waals surface area contributed by atoms with E-state index in [4.69, 9.17) is 14.2 Å². The maximum Gasteiger partial charge on any atom is 0.306 e. The van der Waals surface area contributed by atoms with E-state index in [1.165, 1.54) is 64.2 Å². The highest BCUT2D eigenvalue weighted by atomic mass is 16.7. The Bertz CT molecular complexity index is 1580. The monoisotopic (exact) mass is 1010 g/mol. The van der Waals surface area contributed by atoms with Crippen molar-refractivity contribution in [1.82, 2.24) is 5.32 Å². The van der Waals surface area contributed by atoms with Crippen LogP contribution < -0.4 is 5.32 Å². The van der Waals surface area contributed by atoms with Crippen molar-refractivity contribution in [2.24, 2.45) is 0 Å². The first kappa shape index (κ1) is 66.3. The minimum absolute atomic E-state index is 0.0653. The third-order valence-electron chi connectivity index (χ3n) is 12.5. The zero-order chi connectivity index (χ0) is 52.5. The highest BCUT2D eigenvalue weighted by molar-refractivity contribution is 5.80. The molecule has 1 fully saturated rings. The normalized spacial score (nSPS) is 20.4. The van der Waals surface area contributed by atoms with Gasteiger partial charge in [-0.3, -0.25) is 9.59 Å². The molecule has 1 aliphatic heterocycles. The third-order valence-corrected chi connectivity index (χ3v) is 12.5. The molecule has 11 heteroatoms. The molecule has 0 aromatic heterocycles. The van der Waals surface area contributed by atoms with Crippen LogP contribution >= 0.6 is 0 Å². The number of aliphatic hydroxyl groups is 5. The molecule has 1 amide bonds. The number of ether oxygens (including phenoxy) is 3. The Morgan fingerprint density at radius 3 is 1.65 bits per heavy atom. The molecular weight excluding hydrogens is 907 g/mol. The van der Waals surface area contributed by atoms with E-state index in [1.54, 1.807) is 6.08 Å². The standard InChI is InChI=1S/C61H101NO10/c1-4-7-10-13-16-19-22-25-27-29-30-33-36-39-42-45-48-54(65)60(69)62-52(53(64)47-44-41-38-35-32-24-21-18-15-12-9-6-3)51-70-61-59(58(68)57(67)55(50-63)71-61)72-56(66)49-46-43-40-37-34-31-28-26-23-20-17-14-11-8-5-2/h8,11,14,16-17,19-20,23,25-28,30-31,33-34,44,47,52-55,57-59,61,63-65,67-68H,4-7,9-10,12-13,15,18,21-22,24,29,32,35-43,45-46,48-51H2,1-3H3,(H,62,69)/b11-8+,17-14+,19-16-,23-20-,27-25-,28-26-,33-30-,34-31+,47-44+. The Kier molecular flexibility index (Phi) is 44.5. The van der Waals surface area contributed by atoms with Crippen LogP contribution in [-0.2, 0) is 23.8 Å². The summed E-state index contributed by atoms with van der Waals surface area (Å²) >= 11 is 0. The maximum absolute atomic E-state index is 13.4. The topological polar surface area (TPSA) is 175 Å². The van der Waals surface area contributed by atoms with Crippen molar-refractivity contribution in [2.75, 3.05) is 13.2 Å². The lowest BCUT2D eigenvalue weighted by Crippen LogP contribution is -2.61. The molecule has 1 rings (SSSR count). The van der Waals surface area contributed by atoms with Crippen LogP contribution in [0, 0.1) is 0 Å². The molecule has 6 N–H and O–H groups in total. The smallest absolute Gasteiger partial charge is 0.306 e. The molecule has 72 heavy (non-hydrogen) atoms. The van der Waals surface area contributed by atoms with Gasteiger partial charge in [0.25, 0.3) is 0 Å². The van der Waals surface area contributed by atoms with Crippen LogP contribution in [0.1, 0.15) is 201 Å². The first-order chi connectivity index (χ1) is 35.2. The summed E-state index contributed by atoms with van der Waals surface area (Å²) in [6.07, 6.45) is 54.1. The van der Waals surface area contributed by atoms with Gasteiger partial charge in [-0.25, -0.2) is 0 Å². The van der Waals surface area contributed by atoms with Gasteiger partial charge in [0.05, 0.1) is 25.4 Å². The van der Waals surface area contributed by atoms with Gasteiger partial charge in [0.2, 0.25) is 5.91 Å². The van der Waals surface area contributed by atoms with Gasteiger partial charge in [-0.05, 0) is 83.5 Å². The lowest BCUT2D eigenvalue weighted by atomic mass is 9.99. The number of carbonyl (C=O) groups is 2. The molecule has 8 atom stereocenters. The molecular formula is C61H101NO10. The van der Waals surface area contributed by atoms with E-state index in [0.717, 1.165) is 89.9 Å². The molecule has 0 saturated carbocycles. The van der Waals surface area contributed by atoms with Crippen LogP contribution in [-0.4, -0.2) is 99.6 Å². The Hall–Kier alpha value is -3.68. The van der Waals surface area contributed by atoms with Gasteiger partial charge in [-0.2, -0.15) is 0 Å². The van der Waals surface area contributed by atoms with E-state index < -0.39 is 67.4 Å². The quantitative estimate of drug-likeness (QED) is 0.0149. The van der Waals surface area contributed by atoms with Crippen molar-refractivity contribution in [1.29, 1.82) is 0 Å². The molecule has 0 aromatic rings. The van der Waals surface area contributed by atoms with Gasteiger partial charge in [0.1, 0.15) is 24.4 Å². The molecule has 1 saturated heterocycles. The van der Waals surface area contributed by atoms with E-state index in [2.05, 4.69) is 74.7 Å². The second-order valence-electron chi connectivity index (χ2n) is 19.1. The Morgan fingerprint density at radius 1 is 0.569 bits per heavy atom. The van der Waals surface area contributed by atoms with Gasteiger partial charge >= 0.3 is 5.97 Å². The number of hydrogen-bond donors (Lipinski definition) is 6. The number of nitrogens with one attached hydrogen (secondary N) is 1. The molecule has 8 unspecified atom stereocenters. The van der Waals surface area contributed by atoms with Crippen molar-refractivity contribution in [3.63, 3.8) is 0 Å². The van der Waals surface area contributed by atoms with Crippen LogP contribution in [0.25, 0.3) is 0 Å². The zero-order valence-electron chi connectivity index (χ0n) is 45.0. The molecule has 11 nitrogen and oxygen atoms in total. The highest BCUT2D eigenvalue weighted by Crippen LogP contribution is 2.26. The Labute approximate surface area is 437 Å². The van der Waals surface area contributed by atoms with E-state index in [0.29, 0.717) is 12.8 Å². The number of amides is 1. The molecule has 410 valence electrons. The van der Waals surface area contributed by atoms with Crippen molar-refractivity contribution < 1.29 is 49.3 Å². The molecule has 1 heterocycles. The predicted octanol–water partition coefficient (Wildman–Crippen LogP) is 12.5. The predicted molar refractivity (Wildman–Crippen MR) is 296 cm³/mol. The van der Waals surface area contributed by atoms with Crippen LogP contribution in [0.4, 0.5) is 0 Å². The first-order valence-electron chi connectivity index (χ1n) is 28.2. The summed E-state index contributed by atoms with van der Waals surface area (Å²) in [5, 5.41) is 56.7. The average molecular weight is 1010 g/mol. The van der Waals surface area contributed by atoms with E-state index in [9.17, 15) is 35.1 Å². The fourth-order valence-corrected chi connectivity index (χ4v) is 8.03. The summed E-state index contributed by atoms with van der Waals surface area (Å²) in [6, 6.07) is -1.05. The maximum atomic E-state index is 13.4. The van der Waals surface area contributed by atoms with Crippen molar-refractivity contribution in [3.8, 4) is 0 Å². The van der Waals surface area contributed by atoms with Crippen LogP contribution in [0.2, 0.25) is 0 Å². The molecule has 1 aliphatic rings. The molecule has 0 aromatic carbocycles. The van der Waals surface area contributed by atoms with Crippen molar-refractivity contribution >= 4 is 11.9 Å². The van der Waals surface area contributed by atoms with Crippen molar-refractivity contribution in [2.45, 2.75) is 250 Å². The third kappa shape index (κ3) is 36.3. The van der Waals surface area contributed by atoms with Crippen LogP contribution in [0.5, 0.6) is 0 Å². The summed E-state index contributed by atoms with van der Waals surface area (Å²) in [7, 11) is 0. The molecule has 0 aliphatic carbocycles. The number of carbonyl (C=O) groups excluding carboxylic acids is 2. The lowest BCUT2D eigenvalue weighted by molar-refractivity contribution is -0.305. The van der Waals surface area contributed by atoms with E-state index >= 15 is 0 Å². The summed E-state index contributed by atoms with van der Waals surface area (Å²) in [4.78, 5) is 26.4. The minimum atomic E-state index is -1.64. The Morgan fingerprint density at radius 2 is 1.06 bits per heavy atom. The second kappa shape index (κ2) is 48.3. The summed E-state index contributed by atoms with van der Waals surface area (Å²) in [5.74, 6) is -1.27. The van der Waals surface area contributed by atoms with E-state index in [1.807, 2.05) is 54.7 Å². The lowest BCUT2D eigenvalue weighted by Gasteiger charge is -2.41. The average Bonchev–Trinajstić information content (AvgIpc) is 3.38. The number of hydrogen-bond acceptors (Lipinski definition) is 10. The number of rotatable bonds is 45. The largest absolute Gasteiger partial charge is 0.454 e. The van der Waals surface area contributed by atoms with Gasteiger partial charge < -0.3 is 45.1 Å². The molecule has 0 bridgehead atoms. The SMILES string of the molecule is CC/C=C/C=C/C=C\C=C/C=C/CCCCCC(=O)OC1C(OCC(NC(=O)C(O)CCCCC/C=C\C/C=C\C/C=C\CCCCC)C(O)/C=C/CCCCCCCCCCCC)OC(CO)C(O)C1O. The molecule has 0 radical (unpaired) electrons. The zero-order valence-corrected chi connectivity index (χ0v) is 45.0. The fraction of sp³-hybridized carbons (Fsp3) is 0.672. The molecule has 0 spiro atoms. The van der Waals surface area contributed by atoms with Gasteiger partial charge in [0.15, 0.2) is 12.4 Å². The van der Waals surface area contributed by atoms with E-state index in [-0.39, 0.29) is 19.4 Å². The number of esters is 1. The Balaban J connectivity index is 2.80. The summed E-state index contributed by atoms with van der Waals surface area (Å²) in [6.45, 7) is 5.54. The van der Waals surface area contributed by atoms with Crippen LogP contribution in [0.15, 0.2) is 109 Å². The summed E-state index contributed by atoms with van der Waals surface area (Å²) < 4.78 is 17.5. The minimum Gasteiger partial charge on any atom is -0.454 e. The van der Waals surface area contributed by atoms with Gasteiger partial charge in [-0.15, -0.1) is 0 Å². The second-order valence-corrected chi connectivity index (χ2v) is 19.1. The summed E-state index contributed by atoms with van der Waals surface area (Å²) in [5.41, 5.74) is 0. The first-order valence-corrected chi connectivity index (χ1v) is 28.2. The van der Waals surface area contributed by atoms with Gasteiger partial charge in [-0.1, -0.05) is 220 Å². The number of allylic oxidation sites excluding steroid dienone is 17. The number of aliphatic hydroxyl groups excluding tert-OH is 5.